The Labute approximate surface area is 197 Å². The summed E-state index contributed by atoms with van der Waals surface area (Å²) in [5.41, 5.74) is 17.5. The van der Waals surface area contributed by atoms with E-state index in [2.05, 4.69) is 17.5 Å². The molecule has 2 aliphatic heterocycles. The van der Waals surface area contributed by atoms with Crippen LogP contribution in [0, 0.1) is 17.7 Å². The first-order valence-electron chi connectivity index (χ1n) is 10.9. The Morgan fingerprint density at radius 2 is 1.55 bits per heavy atom. The molecule has 1 amide bonds. The summed E-state index contributed by atoms with van der Waals surface area (Å²) in [4.78, 5) is 17.3. The fourth-order valence-electron chi connectivity index (χ4n) is 4.20. The van der Waals surface area contributed by atoms with E-state index in [-0.39, 0.29) is 17.8 Å². The number of thiophene rings is 1. The number of carbonyl (C=O) groups is 1. The predicted octanol–water partition coefficient (Wildman–Crippen LogP) is 3.27. The summed E-state index contributed by atoms with van der Waals surface area (Å²) in [6.07, 6.45) is 5.84. The summed E-state index contributed by atoms with van der Waals surface area (Å²) in [7, 11) is 0. The second kappa shape index (κ2) is 9.50. The van der Waals surface area contributed by atoms with Crippen molar-refractivity contribution in [2.45, 2.75) is 19.8 Å². The first-order chi connectivity index (χ1) is 15.8. The Kier molecular flexibility index (Phi) is 6.50. The first-order valence-corrected chi connectivity index (χ1v) is 11.8. The van der Waals surface area contributed by atoms with Crippen LogP contribution < -0.4 is 16.8 Å². The Balaban J connectivity index is 1.41. The van der Waals surface area contributed by atoms with Crippen LogP contribution in [0.2, 0.25) is 0 Å². The molecule has 0 bridgehead atoms. The van der Waals surface area contributed by atoms with Gasteiger partial charge in [-0.1, -0.05) is 24.3 Å². The van der Waals surface area contributed by atoms with Crippen LogP contribution in [0.1, 0.15) is 39.2 Å². The number of hydrogen-bond acceptors (Lipinski definition) is 4. The van der Waals surface area contributed by atoms with Crippen molar-refractivity contribution >= 4 is 46.0 Å². The molecule has 2 aliphatic rings. The van der Waals surface area contributed by atoms with Crippen LogP contribution in [-0.4, -0.2) is 53.8 Å². The van der Waals surface area contributed by atoms with Crippen LogP contribution in [0.4, 0.5) is 5.69 Å². The van der Waals surface area contributed by atoms with Crippen molar-refractivity contribution in [1.82, 2.24) is 9.80 Å². The van der Waals surface area contributed by atoms with Gasteiger partial charge in [-0.05, 0) is 65.1 Å². The molecule has 0 spiro atoms. The summed E-state index contributed by atoms with van der Waals surface area (Å²) in [5, 5.41) is 20.2. The molecule has 0 fully saturated rings. The van der Waals surface area contributed by atoms with Gasteiger partial charge < -0.3 is 26.6 Å². The quantitative estimate of drug-likeness (QED) is 0.350. The van der Waals surface area contributed by atoms with Crippen molar-refractivity contribution in [3.05, 3.63) is 63.4 Å². The van der Waals surface area contributed by atoms with Gasteiger partial charge in [0.15, 0.2) is 11.9 Å². The highest BCUT2D eigenvalue weighted by Gasteiger charge is 2.20. The monoisotopic (exact) mass is 463 g/mol. The lowest BCUT2D eigenvalue weighted by Gasteiger charge is -2.26. The van der Waals surface area contributed by atoms with Gasteiger partial charge in [0, 0.05) is 31.9 Å². The number of anilines is 1. The molecule has 1 aromatic carbocycles. The third-order valence-corrected chi connectivity index (χ3v) is 7.29. The molecule has 2 aromatic rings. The summed E-state index contributed by atoms with van der Waals surface area (Å²) in [6, 6.07) is 7.89. The molecule has 1 aromatic heterocycles. The van der Waals surface area contributed by atoms with Gasteiger partial charge in [-0.3, -0.25) is 15.6 Å². The molecular weight excluding hydrogens is 434 g/mol. The maximum atomic E-state index is 12.9. The minimum atomic E-state index is -0.104. The van der Waals surface area contributed by atoms with Gasteiger partial charge in [-0.25, -0.2) is 0 Å². The van der Waals surface area contributed by atoms with Gasteiger partial charge in [-0.2, -0.15) is 0 Å². The van der Waals surface area contributed by atoms with E-state index in [4.69, 9.17) is 22.3 Å². The average molecular weight is 464 g/mol. The molecule has 7 N–H and O–H groups in total. The van der Waals surface area contributed by atoms with E-state index in [1.807, 2.05) is 46.4 Å². The van der Waals surface area contributed by atoms with Crippen LogP contribution >= 0.6 is 11.3 Å². The molecule has 172 valence electrons. The number of nitrogens with one attached hydrogen (secondary N) is 3. The molecule has 0 unspecified atom stereocenters. The topological polar surface area (TPSA) is 135 Å². The van der Waals surface area contributed by atoms with Crippen molar-refractivity contribution < 1.29 is 4.79 Å². The van der Waals surface area contributed by atoms with Crippen LogP contribution in [-0.2, 0) is 0 Å². The standard InChI is InChI=1S/C24H29N7OS/c1-15-20(18-8-12-31(13-9-18)24(27)28)14-33-21(15)22(32)29-19-4-2-16(3-5-19)17-6-10-30(11-7-17)23(25)26/h2-6,8,14H,7,9-13H2,1H3,(H3,25,26)(H3,27,28)(H,29,32). The molecule has 0 radical (unpaired) electrons. The summed E-state index contributed by atoms with van der Waals surface area (Å²) >= 11 is 1.46. The Morgan fingerprint density at radius 1 is 0.970 bits per heavy atom. The van der Waals surface area contributed by atoms with E-state index in [0.717, 1.165) is 41.8 Å². The smallest absolute Gasteiger partial charge is 0.266 e. The van der Waals surface area contributed by atoms with Crippen LogP contribution in [0.25, 0.3) is 11.1 Å². The molecule has 4 rings (SSSR count). The Bertz CT molecular complexity index is 1150. The molecule has 0 atom stereocenters. The van der Waals surface area contributed by atoms with E-state index in [0.29, 0.717) is 24.5 Å². The zero-order valence-corrected chi connectivity index (χ0v) is 19.5. The lowest BCUT2D eigenvalue weighted by molar-refractivity contribution is 0.103. The molecule has 8 nitrogen and oxygen atoms in total. The van der Waals surface area contributed by atoms with Gasteiger partial charge in [0.25, 0.3) is 5.91 Å². The summed E-state index contributed by atoms with van der Waals surface area (Å²) in [5.74, 6) is 0.0942. The summed E-state index contributed by atoms with van der Waals surface area (Å²) in [6.45, 7) is 4.71. The number of carbonyl (C=O) groups excluding carboxylic acids is 1. The van der Waals surface area contributed by atoms with Crippen LogP contribution in [0.15, 0.2) is 41.8 Å². The largest absolute Gasteiger partial charge is 0.370 e. The second-order valence-corrected chi connectivity index (χ2v) is 9.14. The average Bonchev–Trinajstić information content (AvgIpc) is 3.21. The van der Waals surface area contributed by atoms with E-state index in [1.165, 1.54) is 22.5 Å². The van der Waals surface area contributed by atoms with Crippen LogP contribution in [0.5, 0.6) is 0 Å². The predicted molar refractivity (Wildman–Crippen MR) is 136 cm³/mol. The van der Waals surface area contributed by atoms with E-state index in [9.17, 15) is 4.79 Å². The lowest BCUT2D eigenvalue weighted by Crippen LogP contribution is -2.39. The van der Waals surface area contributed by atoms with Gasteiger partial charge >= 0.3 is 0 Å². The molecule has 3 heterocycles. The van der Waals surface area contributed by atoms with Crippen molar-refractivity contribution in [2.24, 2.45) is 11.5 Å². The van der Waals surface area contributed by atoms with Gasteiger partial charge in [0.05, 0.1) is 4.88 Å². The van der Waals surface area contributed by atoms with E-state index in [1.54, 1.807) is 0 Å². The van der Waals surface area contributed by atoms with E-state index >= 15 is 0 Å². The van der Waals surface area contributed by atoms with Crippen molar-refractivity contribution in [3.63, 3.8) is 0 Å². The lowest BCUT2D eigenvalue weighted by atomic mass is 9.98. The van der Waals surface area contributed by atoms with Gasteiger partial charge in [0.2, 0.25) is 0 Å². The third kappa shape index (κ3) is 4.93. The highest BCUT2D eigenvalue weighted by atomic mass is 32.1. The van der Waals surface area contributed by atoms with Crippen molar-refractivity contribution in [2.75, 3.05) is 31.5 Å². The minimum absolute atomic E-state index is 0.0937. The normalized spacial score (nSPS) is 16.2. The Morgan fingerprint density at radius 3 is 2.06 bits per heavy atom. The number of nitrogens with zero attached hydrogens (tertiary/aromatic N) is 2. The SMILES string of the molecule is Cc1c(C2=CCN(C(=N)N)CC2)csc1C(=O)Nc1ccc(C2=CCN(C(=N)N)CC2)cc1. The highest BCUT2D eigenvalue weighted by Crippen LogP contribution is 2.32. The van der Waals surface area contributed by atoms with Gasteiger partial charge in [0.1, 0.15) is 0 Å². The molecule has 33 heavy (non-hydrogen) atoms. The number of rotatable bonds is 4. The molecule has 0 saturated carbocycles. The summed E-state index contributed by atoms with van der Waals surface area (Å²) < 4.78 is 0. The molecular formula is C24H29N7OS. The number of hydrogen-bond donors (Lipinski definition) is 5. The molecule has 0 saturated heterocycles. The minimum Gasteiger partial charge on any atom is -0.370 e. The number of amides is 1. The fourth-order valence-corrected chi connectivity index (χ4v) is 5.20. The highest BCUT2D eigenvalue weighted by molar-refractivity contribution is 7.12. The van der Waals surface area contributed by atoms with Crippen molar-refractivity contribution in [3.8, 4) is 0 Å². The second-order valence-electron chi connectivity index (χ2n) is 8.26. The third-order valence-electron chi connectivity index (χ3n) is 6.20. The van der Waals surface area contributed by atoms with E-state index < -0.39 is 0 Å². The van der Waals surface area contributed by atoms with Crippen LogP contribution in [0.3, 0.4) is 0 Å². The van der Waals surface area contributed by atoms with Gasteiger partial charge in [-0.15, -0.1) is 11.3 Å². The maximum Gasteiger partial charge on any atom is 0.266 e. The molecule has 9 heteroatoms. The van der Waals surface area contributed by atoms with Crippen molar-refractivity contribution in [1.29, 1.82) is 10.8 Å². The zero-order valence-electron chi connectivity index (χ0n) is 18.6. The number of guanidine groups is 2. The Hall–Kier alpha value is -3.59. The fraction of sp³-hybridized carbons (Fsp3) is 0.292. The molecule has 0 aliphatic carbocycles. The maximum absolute atomic E-state index is 12.9. The number of nitrogens with two attached hydrogens (primary N) is 2. The first kappa shape index (κ1) is 22.6. The number of benzene rings is 1. The zero-order chi connectivity index (χ0) is 23.5.